The van der Waals surface area contributed by atoms with Gasteiger partial charge in [-0.25, -0.2) is 0 Å². The lowest BCUT2D eigenvalue weighted by molar-refractivity contribution is -0.893. The van der Waals surface area contributed by atoms with Crippen LogP contribution in [0.3, 0.4) is 0 Å². The number of hydrogen-bond acceptors (Lipinski definition) is 1. The summed E-state index contributed by atoms with van der Waals surface area (Å²) >= 11 is 5.70. The smallest absolute Gasteiger partial charge is 0.116 e. The first-order valence-corrected chi connectivity index (χ1v) is 11.8. The van der Waals surface area contributed by atoms with Crippen LogP contribution in [0.5, 0.6) is 0 Å². The fourth-order valence-electron chi connectivity index (χ4n) is 3.50. The minimum absolute atomic E-state index is 0.342. The van der Waals surface area contributed by atoms with Crippen LogP contribution in [0.2, 0.25) is 0 Å². The van der Waals surface area contributed by atoms with Gasteiger partial charge in [0, 0.05) is 0 Å². The van der Waals surface area contributed by atoms with Gasteiger partial charge in [0.2, 0.25) is 0 Å². The molecule has 0 aromatic carbocycles. The minimum Gasteiger partial charge on any atom is -0.386 e. The molecule has 0 aromatic rings. The van der Waals surface area contributed by atoms with Crippen LogP contribution in [0.25, 0.3) is 0 Å². The van der Waals surface area contributed by atoms with E-state index >= 15 is 0 Å². The lowest BCUT2D eigenvalue weighted by Gasteiger charge is -2.31. The van der Waals surface area contributed by atoms with Gasteiger partial charge in [-0.3, -0.25) is 0 Å². The molecule has 0 aliphatic heterocycles. The fourth-order valence-corrected chi connectivity index (χ4v) is 3.60. The summed E-state index contributed by atoms with van der Waals surface area (Å²) in [6.45, 7) is 4.17. The number of aliphatic hydroxyl groups is 1. The van der Waals surface area contributed by atoms with Crippen LogP contribution < -0.4 is 0 Å². The largest absolute Gasteiger partial charge is 0.386 e. The Morgan fingerprint density at radius 1 is 0.769 bits per heavy atom. The number of likely N-dealkylation sites (N-methyl/N-ethyl adjacent to an activating group) is 1. The van der Waals surface area contributed by atoms with Crippen molar-refractivity contribution in [2.24, 2.45) is 0 Å². The number of unbranched alkanes of at least 4 members (excludes halogenated alkanes) is 12. The SMILES string of the molecule is CCCCCCCC/C=C\CCCCCCCC[N+](C)(C)CC(O)CCl. The highest BCUT2D eigenvalue weighted by Crippen LogP contribution is 2.11. The number of aliphatic hydroxyl groups excluding tert-OH is 1. The molecule has 0 heterocycles. The summed E-state index contributed by atoms with van der Waals surface area (Å²) < 4.78 is 0.872. The number of nitrogens with zero attached hydrogens (tertiary/aromatic N) is 1. The standard InChI is InChI=1S/C23H47ClNO/c1-4-5-6-7-8-9-10-11-12-13-14-15-16-17-18-19-20-25(2,3)22-23(26)21-24/h11-12,23,26H,4-10,13-22H2,1-3H3/q+1/b12-11-. The zero-order valence-electron chi connectivity index (χ0n) is 18.0. The number of allylic oxidation sites excluding steroid dienone is 2. The summed E-state index contributed by atoms with van der Waals surface area (Å²) in [6, 6.07) is 0. The van der Waals surface area contributed by atoms with Crippen molar-refractivity contribution >= 4 is 11.6 Å². The zero-order valence-corrected chi connectivity index (χ0v) is 18.8. The first-order valence-electron chi connectivity index (χ1n) is 11.2. The highest BCUT2D eigenvalue weighted by atomic mass is 35.5. The summed E-state index contributed by atoms with van der Waals surface area (Å²) in [6.07, 6.45) is 23.3. The molecule has 0 fully saturated rings. The van der Waals surface area contributed by atoms with Gasteiger partial charge in [0.1, 0.15) is 12.6 Å². The van der Waals surface area contributed by atoms with Crippen LogP contribution in [0, 0.1) is 0 Å². The second-order valence-electron chi connectivity index (χ2n) is 8.59. The molecule has 0 saturated carbocycles. The quantitative estimate of drug-likeness (QED) is 0.113. The van der Waals surface area contributed by atoms with Crippen LogP contribution in [-0.2, 0) is 0 Å². The third-order valence-electron chi connectivity index (χ3n) is 5.16. The lowest BCUT2D eigenvalue weighted by Crippen LogP contribution is -2.46. The molecule has 0 saturated heterocycles. The van der Waals surface area contributed by atoms with Crippen LogP contribution in [0.4, 0.5) is 0 Å². The first-order chi connectivity index (χ1) is 12.5. The molecule has 2 nitrogen and oxygen atoms in total. The van der Waals surface area contributed by atoms with E-state index in [1.54, 1.807) is 0 Å². The van der Waals surface area contributed by atoms with E-state index in [2.05, 4.69) is 33.2 Å². The molecule has 1 atom stereocenters. The zero-order chi connectivity index (χ0) is 19.5. The van der Waals surface area contributed by atoms with Crippen LogP contribution in [-0.4, -0.2) is 48.8 Å². The Balaban J connectivity index is 3.32. The second kappa shape index (κ2) is 18.3. The van der Waals surface area contributed by atoms with Gasteiger partial charge in [-0.2, -0.15) is 0 Å². The number of hydrogen-bond donors (Lipinski definition) is 1. The molecular weight excluding hydrogens is 342 g/mol. The van der Waals surface area contributed by atoms with E-state index in [1.165, 1.54) is 89.9 Å². The third kappa shape index (κ3) is 18.7. The molecule has 3 heteroatoms. The molecule has 156 valence electrons. The van der Waals surface area contributed by atoms with Crippen molar-refractivity contribution in [2.45, 2.75) is 103 Å². The third-order valence-corrected chi connectivity index (χ3v) is 5.51. The number of rotatable bonds is 19. The Labute approximate surface area is 169 Å². The predicted octanol–water partition coefficient (Wildman–Crippen LogP) is 6.70. The Morgan fingerprint density at radius 2 is 1.23 bits per heavy atom. The fraction of sp³-hybridized carbons (Fsp3) is 0.913. The van der Waals surface area contributed by atoms with Gasteiger partial charge in [-0.1, -0.05) is 70.4 Å². The molecule has 0 aliphatic rings. The molecule has 0 aromatic heterocycles. The average molecular weight is 389 g/mol. The highest BCUT2D eigenvalue weighted by Gasteiger charge is 2.19. The van der Waals surface area contributed by atoms with E-state index in [1.807, 2.05) is 0 Å². The summed E-state index contributed by atoms with van der Waals surface area (Å²) in [5.74, 6) is 0.342. The van der Waals surface area contributed by atoms with Gasteiger partial charge in [0.05, 0.1) is 26.5 Å². The van der Waals surface area contributed by atoms with Crippen LogP contribution >= 0.6 is 11.6 Å². The normalized spacial score (nSPS) is 13.6. The summed E-state index contributed by atoms with van der Waals surface area (Å²) in [7, 11) is 4.38. The minimum atomic E-state index is -0.374. The Hall–Kier alpha value is -0.0500. The van der Waals surface area contributed by atoms with Gasteiger partial charge in [-0.05, 0) is 38.5 Å². The van der Waals surface area contributed by atoms with Crippen molar-refractivity contribution in [3.8, 4) is 0 Å². The van der Waals surface area contributed by atoms with E-state index in [-0.39, 0.29) is 6.10 Å². The molecule has 26 heavy (non-hydrogen) atoms. The Morgan fingerprint density at radius 3 is 1.73 bits per heavy atom. The molecule has 0 bridgehead atoms. The van der Waals surface area contributed by atoms with Gasteiger partial charge in [-0.15, -0.1) is 11.6 Å². The molecule has 1 N–H and O–H groups in total. The van der Waals surface area contributed by atoms with Crippen molar-refractivity contribution in [1.29, 1.82) is 0 Å². The van der Waals surface area contributed by atoms with Crippen molar-refractivity contribution in [3.63, 3.8) is 0 Å². The maximum absolute atomic E-state index is 9.68. The number of halogens is 1. The topological polar surface area (TPSA) is 20.2 Å². The van der Waals surface area contributed by atoms with Crippen molar-refractivity contribution < 1.29 is 9.59 Å². The van der Waals surface area contributed by atoms with Crippen molar-refractivity contribution in [1.82, 2.24) is 0 Å². The highest BCUT2D eigenvalue weighted by molar-refractivity contribution is 6.18. The number of alkyl halides is 1. The lowest BCUT2D eigenvalue weighted by atomic mass is 10.1. The van der Waals surface area contributed by atoms with Gasteiger partial charge >= 0.3 is 0 Å². The van der Waals surface area contributed by atoms with Crippen LogP contribution in [0.1, 0.15) is 96.8 Å². The summed E-state index contributed by atoms with van der Waals surface area (Å²) in [4.78, 5) is 0. The van der Waals surface area contributed by atoms with Crippen LogP contribution in [0.15, 0.2) is 12.2 Å². The second-order valence-corrected chi connectivity index (χ2v) is 8.90. The molecule has 0 radical (unpaired) electrons. The van der Waals surface area contributed by atoms with E-state index in [4.69, 9.17) is 11.6 Å². The van der Waals surface area contributed by atoms with E-state index in [0.29, 0.717) is 5.88 Å². The van der Waals surface area contributed by atoms with Crippen molar-refractivity contribution in [3.05, 3.63) is 12.2 Å². The Kier molecular flexibility index (Phi) is 18.3. The van der Waals surface area contributed by atoms with Gasteiger partial charge in [0.15, 0.2) is 0 Å². The van der Waals surface area contributed by atoms with E-state index in [0.717, 1.165) is 17.6 Å². The maximum atomic E-state index is 9.68. The monoisotopic (exact) mass is 388 g/mol. The van der Waals surface area contributed by atoms with Crippen molar-refractivity contribution in [2.75, 3.05) is 33.1 Å². The molecule has 0 aliphatic carbocycles. The summed E-state index contributed by atoms with van der Waals surface area (Å²) in [5.41, 5.74) is 0. The van der Waals surface area contributed by atoms with E-state index < -0.39 is 0 Å². The molecule has 0 spiro atoms. The first kappa shape index (κ1) is 26.0. The predicted molar refractivity (Wildman–Crippen MR) is 118 cm³/mol. The molecule has 0 amide bonds. The van der Waals surface area contributed by atoms with E-state index in [9.17, 15) is 5.11 Å². The number of quaternary nitrogens is 1. The maximum Gasteiger partial charge on any atom is 0.116 e. The molecule has 1 unspecified atom stereocenters. The Bertz CT molecular complexity index is 317. The van der Waals surface area contributed by atoms with Gasteiger partial charge < -0.3 is 9.59 Å². The average Bonchev–Trinajstić information content (AvgIpc) is 2.60. The molecular formula is C23H47ClNO+. The molecule has 0 rings (SSSR count). The van der Waals surface area contributed by atoms with Gasteiger partial charge in [0.25, 0.3) is 0 Å². The summed E-state index contributed by atoms with van der Waals surface area (Å²) in [5, 5.41) is 9.68.